The number of rotatable bonds is 5. The maximum atomic E-state index is 13.3. The molecule has 0 saturated heterocycles. The normalized spacial score (nSPS) is 24.6. The average Bonchev–Trinajstić information content (AvgIpc) is 2.76. The van der Waals surface area contributed by atoms with Crippen molar-refractivity contribution in [2.75, 3.05) is 11.9 Å². The molecule has 0 bridgehead atoms. The van der Waals surface area contributed by atoms with Crippen LogP contribution in [0.15, 0.2) is 0 Å². The second-order valence-corrected chi connectivity index (χ2v) is 8.33. The van der Waals surface area contributed by atoms with Crippen LogP contribution in [0.5, 0.6) is 0 Å². The van der Waals surface area contributed by atoms with E-state index in [1.165, 1.54) is 4.68 Å². The summed E-state index contributed by atoms with van der Waals surface area (Å²) in [5.74, 6) is -4.98. The molecule has 0 atom stereocenters. The highest BCUT2D eigenvalue weighted by Crippen LogP contribution is 2.52. The standard InChI is InChI=1S/C18H24F4N4O/c1-26-15(24-16(27)23-9-10-5-17(19,20)6-10)13(11-3-2-4-11)14(25-26)12-7-18(21,22)8-12/h10-12H,2-9H2,1H3,(H2,23,24,27). The lowest BCUT2D eigenvalue weighted by atomic mass is 9.73. The van der Waals surface area contributed by atoms with Crippen molar-refractivity contribution in [3.63, 3.8) is 0 Å². The molecule has 2 N–H and O–H groups in total. The van der Waals surface area contributed by atoms with E-state index in [9.17, 15) is 22.4 Å². The Balaban J connectivity index is 1.44. The Morgan fingerprint density at radius 1 is 1.11 bits per heavy atom. The van der Waals surface area contributed by atoms with Crippen molar-refractivity contribution in [1.29, 1.82) is 0 Å². The van der Waals surface area contributed by atoms with Crippen molar-refractivity contribution in [3.8, 4) is 0 Å². The average molecular weight is 388 g/mol. The van der Waals surface area contributed by atoms with Gasteiger partial charge in [-0.3, -0.25) is 10.00 Å². The summed E-state index contributed by atoms with van der Waals surface area (Å²) in [5, 5.41) is 9.84. The summed E-state index contributed by atoms with van der Waals surface area (Å²) >= 11 is 0. The van der Waals surface area contributed by atoms with Gasteiger partial charge in [0.2, 0.25) is 11.8 Å². The summed E-state index contributed by atoms with van der Waals surface area (Å²) in [7, 11) is 1.69. The molecule has 9 heteroatoms. The number of carbonyl (C=O) groups is 1. The molecule has 1 aromatic rings. The van der Waals surface area contributed by atoms with Crippen LogP contribution in [0.2, 0.25) is 0 Å². The van der Waals surface area contributed by atoms with Gasteiger partial charge in [-0.25, -0.2) is 22.4 Å². The van der Waals surface area contributed by atoms with E-state index < -0.39 is 17.9 Å². The molecule has 0 aliphatic heterocycles. The second kappa shape index (κ2) is 6.38. The molecule has 0 unspecified atom stereocenters. The molecule has 150 valence electrons. The first-order valence-corrected chi connectivity index (χ1v) is 9.51. The fourth-order valence-electron chi connectivity index (χ4n) is 4.28. The van der Waals surface area contributed by atoms with Gasteiger partial charge in [0, 0.05) is 50.8 Å². The predicted octanol–water partition coefficient (Wildman–Crippen LogP) is 4.37. The van der Waals surface area contributed by atoms with Crippen LogP contribution in [0.25, 0.3) is 0 Å². The predicted molar refractivity (Wildman–Crippen MR) is 91.4 cm³/mol. The summed E-state index contributed by atoms with van der Waals surface area (Å²) in [6, 6.07) is -0.473. The smallest absolute Gasteiger partial charge is 0.320 e. The number of aromatic nitrogens is 2. The van der Waals surface area contributed by atoms with E-state index >= 15 is 0 Å². The number of amides is 2. The van der Waals surface area contributed by atoms with Crippen molar-refractivity contribution in [2.24, 2.45) is 13.0 Å². The molecule has 1 heterocycles. The van der Waals surface area contributed by atoms with Gasteiger partial charge in [0.15, 0.2) is 0 Å². The van der Waals surface area contributed by atoms with Gasteiger partial charge < -0.3 is 5.32 Å². The van der Waals surface area contributed by atoms with Crippen molar-refractivity contribution >= 4 is 11.8 Å². The third-order valence-corrected chi connectivity index (χ3v) is 6.06. The topological polar surface area (TPSA) is 59.0 Å². The van der Waals surface area contributed by atoms with Gasteiger partial charge in [0.25, 0.3) is 0 Å². The lowest BCUT2D eigenvalue weighted by Crippen LogP contribution is -2.43. The van der Waals surface area contributed by atoms with E-state index in [0.29, 0.717) is 11.5 Å². The largest absolute Gasteiger partial charge is 0.338 e. The maximum absolute atomic E-state index is 13.3. The fraction of sp³-hybridized carbons (Fsp3) is 0.778. The number of carbonyl (C=O) groups excluding carboxylic acids is 1. The number of anilines is 1. The molecule has 0 radical (unpaired) electrons. The first-order chi connectivity index (χ1) is 12.6. The number of urea groups is 1. The second-order valence-electron chi connectivity index (χ2n) is 8.33. The Morgan fingerprint density at radius 3 is 2.26 bits per heavy atom. The number of nitrogens with zero attached hydrogens (tertiary/aromatic N) is 2. The monoisotopic (exact) mass is 388 g/mol. The van der Waals surface area contributed by atoms with Gasteiger partial charge in [0.1, 0.15) is 5.82 Å². The van der Waals surface area contributed by atoms with E-state index in [4.69, 9.17) is 0 Å². The van der Waals surface area contributed by atoms with Gasteiger partial charge in [-0.05, 0) is 24.7 Å². The Bertz CT molecular complexity index is 728. The van der Waals surface area contributed by atoms with Crippen LogP contribution in [0.4, 0.5) is 28.2 Å². The third-order valence-electron chi connectivity index (χ3n) is 6.06. The van der Waals surface area contributed by atoms with Gasteiger partial charge >= 0.3 is 6.03 Å². The highest BCUT2D eigenvalue weighted by atomic mass is 19.3. The molecule has 3 aliphatic rings. The maximum Gasteiger partial charge on any atom is 0.320 e. The lowest BCUT2D eigenvalue weighted by molar-refractivity contribution is -0.108. The van der Waals surface area contributed by atoms with Crippen LogP contribution < -0.4 is 10.6 Å². The Hall–Kier alpha value is -1.80. The lowest BCUT2D eigenvalue weighted by Gasteiger charge is -2.36. The molecule has 0 aromatic carbocycles. The van der Waals surface area contributed by atoms with Gasteiger partial charge in [0.05, 0.1) is 5.69 Å². The highest BCUT2D eigenvalue weighted by molar-refractivity contribution is 5.89. The molecular weight excluding hydrogens is 364 g/mol. The molecule has 3 fully saturated rings. The van der Waals surface area contributed by atoms with Gasteiger partial charge in [-0.1, -0.05) is 6.42 Å². The zero-order chi connectivity index (χ0) is 19.4. The van der Waals surface area contributed by atoms with Crippen LogP contribution in [-0.4, -0.2) is 34.2 Å². The quantitative estimate of drug-likeness (QED) is 0.736. The zero-order valence-corrected chi connectivity index (χ0v) is 15.2. The number of alkyl halides is 4. The SMILES string of the molecule is Cn1nc(C2CC(F)(F)C2)c(C2CCC2)c1NC(=O)NCC1CC(F)(F)C1. The first-order valence-electron chi connectivity index (χ1n) is 9.51. The van der Waals surface area contributed by atoms with E-state index in [1.807, 2.05) is 0 Å². The summed E-state index contributed by atoms with van der Waals surface area (Å²) in [5.41, 5.74) is 1.54. The molecule has 27 heavy (non-hydrogen) atoms. The number of aryl methyl sites for hydroxylation is 1. The van der Waals surface area contributed by atoms with Crippen LogP contribution in [-0.2, 0) is 7.05 Å². The summed E-state index contributed by atoms with van der Waals surface area (Å²) < 4.78 is 53.9. The molecule has 1 aromatic heterocycles. The van der Waals surface area contributed by atoms with E-state index in [2.05, 4.69) is 15.7 Å². The number of halogens is 4. The Labute approximate surface area is 154 Å². The molecular formula is C18H24F4N4O. The molecule has 5 nitrogen and oxygen atoms in total. The van der Waals surface area contributed by atoms with Gasteiger partial charge in [-0.2, -0.15) is 5.10 Å². The van der Waals surface area contributed by atoms with Crippen molar-refractivity contribution in [2.45, 2.75) is 68.6 Å². The van der Waals surface area contributed by atoms with Crippen LogP contribution in [0.1, 0.15) is 68.0 Å². The first kappa shape index (κ1) is 18.6. The summed E-state index contributed by atoms with van der Waals surface area (Å²) in [4.78, 5) is 12.2. The number of hydrogen-bond acceptors (Lipinski definition) is 2. The zero-order valence-electron chi connectivity index (χ0n) is 15.2. The Kier molecular flexibility index (Phi) is 4.38. The minimum Gasteiger partial charge on any atom is -0.338 e. The van der Waals surface area contributed by atoms with E-state index in [1.54, 1.807) is 7.05 Å². The van der Waals surface area contributed by atoms with Crippen molar-refractivity contribution in [3.05, 3.63) is 11.3 Å². The van der Waals surface area contributed by atoms with Crippen LogP contribution >= 0.6 is 0 Å². The van der Waals surface area contributed by atoms with E-state index in [0.717, 1.165) is 24.8 Å². The van der Waals surface area contributed by atoms with Crippen molar-refractivity contribution < 1.29 is 22.4 Å². The van der Waals surface area contributed by atoms with Crippen LogP contribution in [0.3, 0.4) is 0 Å². The molecule has 2 amide bonds. The van der Waals surface area contributed by atoms with Gasteiger partial charge in [-0.15, -0.1) is 0 Å². The highest BCUT2D eigenvalue weighted by Gasteiger charge is 2.49. The molecule has 0 spiro atoms. The molecule has 3 saturated carbocycles. The Morgan fingerprint density at radius 2 is 1.74 bits per heavy atom. The number of nitrogens with one attached hydrogen (secondary N) is 2. The minimum absolute atomic E-state index is 0.194. The van der Waals surface area contributed by atoms with Crippen LogP contribution in [0, 0.1) is 5.92 Å². The minimum atomic E-state index is -2.63. The molecule has 3 aliphatic carbocycles. The summed E-state index contributed by atoms with van der Waals surface area (Å²) in [6.07, 6.45) is 2.17. The molecule has 4 rings (SSSR count). The summed E-state index contributed by atoms with van der Waals surface area (Å²) in [6.45, 7) is 0.194. The number of hydrogen-bond donors (Lipinski definition) is 2. The fourth-order valence-corrected chi connectivity index (χ4v) is 4.28. The third kappa shape index (κ3) is 3.65. The van der Waals surface area contributed by atoms with Crippen molar-refractivity contribution in [1.82, 2.24) is 15.1 Å². The van der Waals surface area contributed by atoms with E-state index in [-0.39, 0.29) is 50.0 Å².